The summed E-state index contributed by atoms with van der Waals surface area (Å²) in [7, 11) is 0. The molecule has 1 atom stereocenters. The number of carbonyl (C=O) groups is 2. The van der Waals surface area contributed by atoms with Crippen molar-refractivity contribution in [2.75, 3.05) is 0 Å². The number of hydrogen-bond donors (Lipinski definition) is 1. The number of carbonyl (C=O) groups excluding carboxylic acids is 2. The van der Waals surface area contributed by atoms with Crippen LogP contribution in [0.5, 0.6) is 0 Å². The Morgan fingerprint density at radius 3 is 2.42 bits per heavy atom. The number of rotatable bonds is 8. The number of nitro benzene ring substituents is 1. The van der Waals surface area contributed by atoms with Crippen molar-refractivity contribution in [3.63, 3.8) is 0 Å². The molecule has 1 N–H and O–H groups in total. The average molecular weight is 420 g/mol. The molecule has 0 aromatic heterocycles. The number of amides is 1. The van der Waals surface area contributed by atoms with Gasteiger partial charge in [0.2, 0.25) is 5.91 Å². The maximum Gasteiger partial charge on any atom is 0.308 e. The van der Waals surface area contributed by atoms with Crippen molar-refractivity contribution in [1.82, 2.24) is 5.32 Å². The van der Waals surface area contributed by atoms with Gasteiger partial charge in [-0.15, -0.1) is 0 Å². The van der Waals surface area contributed by atoms with E-state index in [1.165, 1.54) is 6.07 Å². The summed E-state index contributed by atoms with van der Waals surface area (Å²) in [5.41, 5.74) is 0.941. The molecule has 0 aliphatic heterocycles. The second-order valence-corrected chi connectivity index (χ2v) is 7.49. The molecule has 1 amide bonds. The molecule has 3 rings (SSSR count). The summed E-state index contributed by atoms with van der Waals surface area (Å²) in [6.07, 6.45) is -0.451. The minimum Gasteiger partial charge on any atom is -0.463 e. The maximum absolute atomic E-state index is 12.9. The fourth-order valence-electron chi connectivity index (χ4n) is 3.53. The van der Waals surface area contributed by atoms with E-state index < -0.39 is 16.9 Å². The van der Waals surface area contributed by atoms with Crippen LogP contribution in [-0.2, 0) is 20.7 Å². The van der Waals surface area contributed by atoms with Gasteiger partial charge in [-0.3, -0.25) is 19.7 Å². The zero-order valence-corrected chi connectivity index (χ0v) is 17.4. The number of benzene rings is 3. The van der Waals surface area contributed by atoms with Gasteiger partial charge >= 0.3 is 5.97 Å². The maximum atomic E-state index is 12.9. The van der Waals surface area contributed by atoms with Gasteiger partial charge in [-0.1, -0.05) is 60.7 Å². The lowest BCUT2D eigenvalue weighted by Gasteiger charge is -2.19. The van der Waals surface area contributed by atoms with E-state index in [0.717, 1.165) is 16.3 Å². The summed E-state index contributed by atoms with van der Waals surface area (Å²) in [5, 5.41) is 16.3. The molecule has 3 aromatic rings. The summed E-state index contributed by atoms with van der Waals surface area (Å²) in [6.45, 7) is 3.44. The SMILES string of the molecule is CC(C)OC(=O)CC(NC(=O)Cc1cccc2ccccc12)c1ccccc1[N+](=O)[O-]. The molecule has 160 valence electrons. The Kier molecular flexibility index (Phi) is 6.97. The largest absolute Gasteiger partial charge is 0.463 e. The Labute approximate surface area is 180 Å². The lowest BCUT2D eigenvalue weighted by molar-refractivity contribution is -0.385. The van der Waals surface area contributed by atoms with Crippen LogP contribution in [0.1, 0.15) is 37.4 Å². The first-order chi connectivity index (χ1) is 14.8. The molecule has 0 heterocycles. The van der Waals surface area contributed by atoms with Crippen LogP contribution in [0.4, 0.5) is 5.69 Å². The molecule has 0 aliphatic carbocycles. The third-order valence-corrected chi connectivity index (χ3v) is 4.81. The monoisotopic (exact) mass is 420 g/mol. The highest BCUT2D eigenvalue weighted by Crippen LogP contribution is 2.28. The molecule has 7 nitrogen and oxygen atoms in total. The zero-order chi connectivity index (χ0) is 22.4. The summed E-state index contributed by atoms with van der Waals surface area (Å²) in [4.78, 5) is 36.2. The van der Waals surface area contributed by atoms with Crippen molar-refractivity contribution >= 4 is 28.3 Å². The first kappa shape index (κ1) is 22.0. The Balaban J connectivity index is 1.86. The number of ether oxygens (including phenoxy) is 1. The van der Waals surface area contributed by atoms with Crippen molar-refractivity contribution < 1.29 is 19.2 Å². The van der Waals surface area contributed by atoms with Crippen molar-refractivity contribution in [3.05, 3.63) is 88.0 Å². The molecule has 31 heavy (non-hydrogen) atoms. The van der Waals surface area contributed by atoms with Gasteiger partial charge in [0.05, 0.1) is 35.5 Å². The van der Waals surface area contributed by atoms with E-state index >= 15 is 0 Å². The van der Waals surface area contributed by atoms with Crippen LogP contribution in [-0.4, -0.2) is 22.9 Å². The first-order valence-electron chi connectivity index (χ1n) is 10.0. The number of nitrogens with zero attached hydrogens (tertiary/aromatic N) is 1. The van der Waals surface area contributed by atoms with Gasteiger partial charge in [0, 0.05) is 6.07 Å². The molecule has 0 aliphatic rings. The van der Waals surface area contributed by atoms with Gasteiger partial charge < -0.3 is 10.1 Å². The molecule has 1 unspecified atom stereocenters. The molecule has 0 bridgehead atoms. The van der Waals surface area contributed by atoms with Gasteiger partial charge in [-0.25, -0.2) is 0 Å². The minimum atomic E-state index is -0.879. The van der Waals surface area contributed by atoms with Crippen molar-refractivity contribution in [1.29, 1.82) is 0 Å². The summed E-state index contributed by atoms with van der Waals surface area (Å²) < 4.78 is 5.20. The van der Waals surface area contributed by atoms with E-state index in [1.54, 1.807) is 32.0 Å². The lowest BCUT2D eigenvalue weighted by Crippen LogP contribution is -2.32. The van der Waals surface area contributed by atoms with Gasteiger partial charge in [0.25, 0.3) is 5.69 Å². The average Bonchev–Trinajstić information content (AvgIpc) is 2.73. The van der Waals surface area contributed by atoms with Crippen LogP contribution < -0.4 is 5.32 Å². The smallest absolute Gasteiger partial charge is 0.308 e. The van der Waals surface area contributed by atoms with E-state index in [-0.39, 0.29) is 36.1 Å². The van der Waals surface area contributed by atoms with Gasteiger partial charge in [-0.2, -0.15) is 0 Å². The van der Waals surface area contributed by atoms with Crippen molar-refractivity contribution in [3.8, 4) is 0 Å². The van der Waals surface area contributed by atoms with E-state index in [1.807, 2.05) is 42.5 Å². The standard InChI is InChI=1S/C24H24N2O5/c1-16(2)31-24(28)15-21(20-12-5-6-13-22(20)26(29)30)25-23(27)14-18-10-7-9-17-8-3-4-11-19(17)18/h3-13,16,21H,14-15H2,1-2H3,(H,25,27). The van der Waals surface area contributed by atoms with E-state index in [2.05, 4.69) is 5.32 Å². The first-order valence-corrected chi connectivity index (χ1v) is 10.0. The molecule has 0 saturated carbocycles. The third-order valence-electron chi connectivity index (χ3n) is 4.81. The van der Waals surface area contributed by atoms with Gasteiger partial charge in [-0.05, 0) is 30.2 Å². The highest BCUT2D eigenvalue weighted by molar-refractivity contribution is 5.90. The van der Waals surface area contributed by atoms with E-state index in [0.29, 0.717) is 0 Å². The van der Waals surface area contributed by atoms with Crippen LogP contribution in [0.25, 0.3) is 10.8 Å². The fraction of sp³-hybridized carbons (Fsp3) is 0.250. The number of fused-ring (bicyclic) bond motifs is 1. The highest BCUT2D eigenvalue weighted by Gasteiger charge is 2.26. The molecular weight excluding hydrogens is 396 g/mol. The molecule has 0 saturated heterocycles. The fourth-order valence-corrected chi connectivity index (χ4v) is 3.53. The zero-order valence-electron chi connectivity index (χ0n) is 17.4. The third kappa shape index (κ3) is 5.66. The Hall–Kier alpha value is -3.74. The Bertz CT molecular complexity index is 1100. The normalized spacial score (nSPS) is 11.8. The second-order valence-electron chi connectivity index (χ2n) is 7.49. The Morgan fingerprint density at radius 2 is 1.68 bits per heavy atom. The van der Waals surface area contributed by atoms with Crippen LogP contribution in [0.3, 0.4) is 0 Å². The predicted octanol–water partition coefficient (Wildman–Crippen LogP) is 4.49. The topological polar surface area (TPSA) is 98.5 Å². The molecule has 7 heteroatoms. The molecule has 0 spiro atoms. The second kappa shape index (κ2) is 9.84. The van der Waals surface area contributed by atoms with Gasteiger partial charge in [0.1, 0.15) is 0 Å². The number of nitro groups is 1. The van der Waals surface area contributed by atoms with Crippen LogP contribution >= 0.6 is 0 Å². The van der Waals surface area contributed by atoms with Crippen molar-refractivity contribution in [2.45, 2.75) is 38.8 Å². The summed E-state index contributed by atoms with van der Waals surface area (Å²) >= 11 is 0. The summed E-state index contributed by atoms with van der Waals surface area (Å²) in [6, 6.07) is 18.7. The van der Waals surface area contributed by atoms with Gasteiger partial charge in [0.15, 0.2) is 0 Å². The van der Waals surface area contributed by atoms with Crippen LogP contribution in [0.2, 0.25) is 0 Å². The van der Waals surface area contributed by atoms with E-state index in [4.69, 9.17) is 4.74 Å². The number of nitrogens with one attached hydrogen (secondary N) is 1. The number of esters is 1. The Morgan fingerprint density at radius 1 is 1.00 bits per heavy atom. The highest BCUT2D eigenvalue weighted by atomic mass is 16.6. The summed E-state index contributed by atoms with van der Waals surface area (Å²) in [5.74, 6) is -0.875. The van der Waals surface area contributed by atoms with Crippen LogP contribution in [0.15, 0.2) is 66.7 Å². The molecular formula is C24H24N2O5. The minimum absolute atomic E-state index is 0.0811. The molecule has 0 fully saturated rings. The quantitative estimate of drug-likeness (QED) is 0.329. The number of para-hydroxylation sites is 1. The van der Waals surface area contributed by atoms with Crippen LogP contribution in [0, 0.1) is 10.1 Å². The molecule has 0 radical (unpaired) electrons. The number of hydrogen-bond acceptors (Lipinski definition) is 5. The van der Waals surface area contributed by atoms with E-state index in [9.17, 15) is 19.7 Å². The lowest BCUT2D eigenvalue weighted by atomic mass is 9.99. The van der Waals surface area contributed by atoms with Crippen molar-refractivity contribution in [2.24, 2.45) is 0 Å². The predicted molar refractivity (Wildman–Crippen MR) is 117 cm³/mol. The molecule has 3 aromatic carbocycles.